The minimum atomic E-state index is -0.178. The van der Waals surface area contributed by atoms with Gasteiger partial charge in [-0.1, -0.05) is 29.3 Å². The van der Waals surface area contributed by atoms with Crippen LogP contribution in [0.25, 0.3) is 0 Å². The first-order chi connectivity index (χ1) is 10.9. The highest BCUT2D eigenvalue weighted by atomic mass is 35.5. The molecule has 2 rings (SSSR count). The Hall–Kier alpha value is -1.91. The Bertz CT molecular complexity index is 670. The first-order valence-electron chi connectivity index (χ1n) is 7.19. The lowest BCUT2D eigenvalue weighted by Gasteiger charge is -2.12. The van der Waals surface area contributed by atoms with Gasteiger partial charge in [0, 0.05) is 27.5 Å². The number of hydrogen-bond acceptors (Lipinski definition) is 3. The molecule has 2 aromatic carbocycles. The summed E-state index contributed by atoms with van der Waals surface area (Å²) in [5.74, 6) is 0.537. The molecule has 0 aliphatic rings. The number of carbonyl (C=O) groups is 1. The summed E-state index contributed by atoms with van der Waals surface area (Å²) in [6, 6.07) is 12.3. The Morgan fingerprint density at radius 2 is 1.78 bits per heavy atom. The molecule has 2 aromatic rings. The van der Waals surface area contributed by atoms with Crippen molar-refractivity contribution in [3.63, 3.8) is 0 Å². The van der Waals surface area contributed by atoms with E-state index >= 15 is 0 Å². The van der Waals surface area contributed by atoms with Crippen molar-refractivity contribution in [3.05, 3.63) is 52.5 Å². The van der Waals surface area contributed by atoms with E-state index in [4.69, 9.17) is 27.9 Å². The van der Waals surface area contributed by atoms with E-state index in [9.17, 15) is 4.79 Å². The van der Waals surface area contributed by atoms with Crippen molar-refractivity contribution < 1.29 is 9.53 Å². The van der Waals surface area contributed by atoms with Crippen molar-refractivity contribution in [1.29, 1.82) is 0 Å². The molecule has 0 fully saturated rings. The minimum absolute atomic E-state index is 0.0789. The maximum absolute atomic E-state index is 12.0. The van der Waals surface area contributed by atoms with E-state index in [1.807, 2.05) is 26.0 Å². The van der Waals surface area contributed by atoms with Gasteiger partial charge in [-0.3, -0.25) is 4.79 Å². The fraction of sp³-hybridized carbons (Fsp3) is 0.235. The molecule has 0 bridgehead atoms. The molecule has 1 amide bonds. The van der Waals surface area contributed by atoms with E-state index in [0.717, 1.165) is 0 Å². The largest absolute Gasteiger partial charge is 0.491 e. The normalized spacial score (nSPS) is 10.5. The summed E-state index contributed by atoms with van der Waals surface area (Å²) < 4.78 is 5.60. The van der Waals surface area contributed by atoms with Crippen LogP contribution < -0.4 is 15.4 Å². The Morgan fingerprint density at radius 1 is 1.09 bits per heavy atom. The van der Waals surface area contributed by atoms with Gasteiger partial charge in [0.05, 0.1) is 12.6 Å². The number of halogens is 2. The molecular formula is C17H18Cl2N2O2. The van der Waals surface area contributed by atoms with Crippen molar-refractivity contribution >= 4 is 40.5 Å². The molecule has 0 spiro atoms. The first-order valence-corrected chi connectivity index (χ1v) is 7.94. The molecule has 122 valence electrons. The molecule has 0 saturated carbocycles. The molecule has 0 aliphatic carbocycles. The molecule has 2 N–H and O–H groups in total. The van der Waals surface area contributed by atoms with Gasteiger partial charge in [-0.2, -0.15) is 0 Å². The third kappa shape index (κ3) is 6.00. The molecule has 0 saturated heterocycles. The quantitative estimate of drug-likeness (QED) is 0.782. The molecule has 4 nitrogen and oxygen atoms in total. The number of carbonyl (C=O) groups excluding carboxylic acids is 1. The first kappa shape index (κ1) is 17.4. The van der Waals surface area contributed by atoms with Crippen LogP contribution in [0.5, 0.6) is 5.75 Å². The second-order valence-electron chi connectivity index (χ2n) is 5.25. The minimum Gasteiger partial charge on any atom is -0.491 e. The second kappa shape index (κ2) is 8.09. The van der Waals surface area contributed by atoms with Crippen molar-refractivity contribution in [1.82, 2.24) is 0 Å². The van der Waals surface area contributed by atoms with Gasteiger partial charge in [0.25, 0.3) is 0 Å². The summed E-state index contributed by atoms with van der Waals surface area (Å²) in [5.41, 5.74) is 1.37. The third-order valence-electron chi connectivity index (χ3n) is 2.81. The molecule has 23 heavy (non-hydrogen) atoms. The summed E-state index contributed by atoms with van der Waals surface area (Å²) in [6.45, 7) is 4.00. The van der Waals surface area contributed by atoms with Crippen molar-refractivity contribution in [2.75, 3.05) is 17.2 Å². The Morgan fingerprint density at radius 3 is 2.43 bits per heavy atom. The van der Waals surface area contributed by atoms with Crippen LogP contribution in [0.3, 0.4) is 0 Å². The van der Waals surface area contributed by atoms with Gasteiger partial charge in [-0.25, -0.2) is 0 Å². The van der Waals surface area contributed by atoms with Crippen LogP contribution in [-0.2, 0) is 4.79 Å². The summed E-state index contributed by atoms with van der Waals surface area (Å²) in [7, 11) is 0. The van der Waals surface area contributed by atoms with Crippen LogP contribution in [0.2, 0.25) is 10.0 Å². The number of hydrogen-bond donors (Lipinski definition) is 2. The van der Waals surface area contributed by atoms with Gasteiger partial charge in [0.1, 0.15) is 5.75 Å². The maximum Gasteiger partial charge on any atom is 0.243 e. The summed E-state index contributed by atoms with van der Waals surface area (Å²) in [5, 5.41) is 6.81. The fourth-order valence-electron chi connectivity index (χ4n) is 1.96. The Kier molecular flexibility index (Phi) is 6.13. The highest BCUT2D eigenvalue weighted by molar-refractivity contribution is 6.35. The predicted molar refractivity (Wildman–Crippen MR) is 95.8 cm³/mol. The second-order valence-corrected chi connectivity index (χ2v) is 6.13. The average molecular weight is 353 g/mol. The monoisotopic (exact) mass is 352 g/mol. The summed E-state index contributed by atoms with van der Waals surface area (Å²) in [4.78, 5) is 12.0. The van der Waals surface area contributed by atoms with Crippen LogP contribution in [0.1, 0.15) is 13.8 Å². The number of nitrogens with one attached hydrogen (secondary N) is 2. The number of anilines is 2. The van der Waals surface area contributed by atoms with Gasteiger partial charge in [-0.05, 0) is 44.2 Å². The van der Waals surface area contributed by atoms with Gasteiger partial charge in [-0.15, -0.1) is 0 Å². The van der Waals surface area contributed by atoms with Crippen LogP contribution in [0.15, 0.2) is 42.5 Å². The highest BCUT2D eigenvalue weighted by Crippen LogP contribution is 2.22. The van der Waals surface area contributed by atoms with Gasteiger partial charge in [0.2, 0.25) is 5.91 Å². The lowest BCUT2D eigenvalue weighted by Crippen LogP contribution is -2.21. The van der Waals surface area contributed by atoms with Crippen LogP contribution >= 0.6 is 23.2 Å². The van der Waals surface area contributed by atoms with Crippen LogP contribution in [-0.4, -0.2) is 18.6 Å². The average Bonchev–Trinajstić information content (AvgIpc) is 2.44. The van der Waals surface area contributed by atoms with E-state index in [0.29, 0.717) is 27.2 Å². The molecule has 6 heteroatoms. The molecular weight excluding hydrogens is 335 g/mol. The summed E-state index contributed by atoms with van der Waals surface area (Å²) in [6.07, 6.45) is 0.0789. The van der Waals surface area contributed by atoms with Crippen molar-refractivity contribution in [3.8, 4) is 5.75 Å². The summed E-state index contributed by atoms with van der Waals surface area (Å²) >= 11 is 11.8. The Labute approximate surface area is 145 Å². The van der Waals surface area contributed by atoms with Gasteiger partial charge in [0.15, 0.2) is 0 Å². The topological polar surface area (TPSA) is 50.4 Å². The zero-order valence-corrected chi connectivity index (χ0v) is 14.4. The molecule has 0 radical (unpaired) electrons. The SMILES string of the molecule is CC(C)Oc1cccc(NC(=O)CNc2cc(Cl)cc(Cl)c2)c1. The lowest BCUT2D eigenvalue weighted by molar-refractivity contribution is -0.114. The van der Waals surface area contributed by atoms with E-state index in [1.54, 1.807) is 30.3 Å². The van der Waals surface area contributed by atoms with E-state index in [2.05, 4.69) is 10.6 Å². The standard InChI is InChI=1S/C17H18Cl2N2O2/c1-11(2)23-16-5-3-4-14(9-16)21-17(22)10-20-15-7-12(18)6-13(19)8-15/h3-9,11,20H,10H2,1-2H3,(H,21,22). The molecule has 0 unspecified atom stereocenters. The van der Waals surface area contributed by atoms with Crippen molar-refractivity contribution in [2.45, 2.75) is 20.0 Å². The molecule has 0 atom stereocenters. The van der Waals surface area contributed by atoms with Gasteiger partial charge < -0.3 is 15.4 Å². The maximum atomic E-state index is 12.0. The van der Waals surface area contributed by atoms with E-state index < -0.39 is 0 Å². The van der Waals surface area contributed by atoms with E-state index in [-0.39, 0.29) is 18.6 Å². The predicted octanol–water partition coefficient (Wildman–Crippen LogP) is 4.83. The zero-order valence-electron chi connectivity index (χ0n) is 12.9. The zero-order chi connectivity index (χ0) is 16.8. The number of ether oxygens (including phenoxy) is 1. The number of amides is 1. The van der Waals surface area contributed by atoms with Crippen LogP contribution in [0, 0.1) is 0 Å². The lowest BCUT2D eigenvalue weighted by atomic mass is 10.3. The highest BCUT2D eigenvalue weighted by Gasteiger charge is 2.05. The smallest absolute Gasteiger partial charge is 0.243 e. The van der Waals surface area contributed by atoms with Gasteiger partial charge >= 0.3 is 0 Å². The molecule has 0 aliphatic heterocycles. The van der Waals surface area contributed by atoms with E-state index in [1.165, 1.54) is 0 Å². The molecule has 0 heterocycles. The third-order valence-corrected chi connectivity index (χ3v) is 3.24. The number of rotatable bonds is 6. The Balaban J connectivity index is 1.92. The molecule has 0 aromatic heterocycles. The van der Waals surface area contributed by atoms with Crippen LogP contribution in [0.4, 0.5) is 11.4 Å². The number of benzene rings is 2. The van der Waals surface area contributed by atoms with Crippen molar-refractivity contribution in [2.24, 2.45) is 0 Å². The fourth-order valence-corrected chi connectivity index (χ4v) is 2.49.